The second kappa shape index (κ2) is 6.71. The lowest BCUT2D eigenvalue weighted by atomic mass is 9.93. The van der Waals surface area contributed by atoms with Crippen molar-refractivity contribution >= 4 is 15.9 Å². The largest absolute Gasteiger partial charge is 0.497 e. The van der Waals surface area contributed by atoms with E-state index in [1.54, 1.807) is 7.11 Å². The molecule has 2 aromatic carbocycles. The maximum absolute atomic E-state index is 13.0. The third-order valence-electron chi connectivity index (χ3n) is 3.14. The van der Waals surface area contributed by atoms with Crippen LogP contribution in [0.15, 0.2) is 48.5 Å². The first-order valence-electron chi connectivity index (χ1n) is 6.17. The SMILES string of the molecule is COc1cccc(CC(CBr)c2ccc(F)cc2)c1. The Labute approximate surface area is 121 Å². The van der Waals surface area contributed by atoms with Crippen molar-refractivity contribution in [2.45, 2.75) is 12.3 Å². The van der Waals surface area contributed by atoms with Crippen molar-refractivity contribution in [1.29, 1.82) is 0 Å². The molecular formula is C16H16BrFO. The molecule has 2 rings (SSSR count). The lowest BCUT2D eigenvalue weighted by Gasteiger charge is -2.15. The van der Waals surface area contributed by atoms with Crippen LogP contribution < -0.4 is 4.74 Å². The summed E-state index contributed by atoms with van der Waals surface area (Å²) in [6.45, 7) is 0. The van der Waals surface area contributed by atoms with Gasteiger partial charge in [0.05, 0.1) is 7.11 Å². The summed E-state index contributed by atoms with van der Waals surface area (Å²) in [7, 11) is 1.67. The minimum atomic E-state index is -0.196. The Morgan fingerprint density at radius 1 is 1.16 bits per heavy atom. The van der Waals surface area contributed by atoms with Gasteiger partial charge in [-0.2, -0.15) is 0 Å². The van der Waals surface area contributed by atoms with Crippen molar-refractivity contribution in [3.8, 4) is 5.75 Å². The molecular weight excluding hydrogens is 307 g/mol. The number of hydrogen-bond donors (Lipinski definition) is 0. The minimum absolute atomic E-state index is 0.196. The van der Waals surface area contributed by atoms with Gasteiger partial charge in [-0.15, -0.1) is 0 Å². The fourth-order valence-electron chi connectivity index (χ4n) is 2.08. The molecule has 0 heterocycles. The number of methoxy groups -OCH3 is 1. The van der Waals surface area contributed by atoms with Crippen molar-refractivity contribution in [3.63, 3.8) is 0 Å². The summed E-state index contributed by atoms with van der Waals surface area (Å²) in [5.41, 5.74) is 2.36. The van der Waals surface area contributed by atoms with Crippen LogP contribution in [0.3, 0.4) is 0 Å². The molecule has 0 aliphatic heterocycles. The molecule has 1 unspecified atom stereocenters. The van der Waals surface area contributed by atoms with E-state index in [9.17, 15) is 4.39 Å². The van der Waals surface area contributed by atoms with Gasteiger partial charge in [0.1, 0.15) is 11.6 Å². The third-order valence-corrected chi connectivity index (χ3v) is 3.93. The quantitative estimate of drug-likeness (QED) is 0.733. The van der Waals surface area contributed by atoms with E-state index in [1.165, 1.54) is 17.7 Å². The Balaban J connectivity index is 2.16. The molecule has 0 amide bonds. The molecule has 0 radical (unpaired) electrons. The zero-order valence-electron chi connectivity index (χ0n) is 10.8. The number of halogens is 2. The van der Waals surface area contributed by atoms with Gasteiger partial charge in [-0.05, 0) is 47.7 Å². The van der Waals surface area contributed by atoms with E-state index >= 15 is 0 Å². The first-order valence-corrected chi connectivity index (χ1v) is 7.29. The van der Waals surface area contributed by atoms with Crippen LogP contribution in [0.2, 0.25) is 0 Å². The number of ether oxygens (including phenoxy) is 1. The molecule has 2 aromatic rings. The van der Waals surface area contributed by atoms with Gasteiger partial charge < -0.3 is 4.74 Å². The van der Waals surface area contributed by atoms with Gasteiger partial charge in [-0.25, -0.2) is 4.39 Å². The summed E-state index contributed by atoms with van der Waals surface area (Å²) in [6.07, 6.45) is 0.897. The summed E-state index contributed by atoms with van der Waals surface area (Å²) in [5.74, 6) is 0.996. The summed E-state index contributed by atoms with van der Waals surface area (Å²) in [6, 6.07) is 14.8. The van der Waals surface area contributed by atoms with Crippen LogP contribution in [-0.4, -0.2) is 12.4 Å². The highest BCUT2D eigenvalue weighted by molar-refractivity contribution is 9.09. The molecule has 0 aliphatic carbocycles. The molecule has 3 heteroatoms. The number of alkyl halides is 1. The van der Waals surface area contributed by atoms with E-state index in [4.69, 9.17) is 4.74 Å². The summed E-state index contributed by atoms with van der Waals surface area (Å²) in [4.78, 5) is 0. The van der Waals surface area contributed by atoms with E-state index in [2.05, 4.69) is 22.0 Å². The third kappa shape index (κ3) is 3.80. The van der Waals surface area contributed by atoms with E-state index < -0.39 is 0 Å². The van der Waals surface area contributed by atoms with Gasteiger partial charge in [0.2, 0.25) is 0 Å². The Morgan fingerprint density at radius 3 is 2.53 bits per heavy atom. The Kier molecular flexibility index (Phi) is 4.97. The molecule has 0 aliphatic rings. The maximum atomic E-state index is 13.0. The van der Waals surface area contributed by atoms with Gasteiger partial charge >= 0.3 is 0 Å². The van der Waals surface area contributed by atoms with E-state index in [1.807, 2.05) is 30.3 Å². The summed E-state index contributed by atoms with van der Waals surface area (Å²) >= 11 is 3.54. The van der Waals surface area contributed by atoms with Gasteiger partial charge in [0, 0.05) is 5.33 Å². The van der Waals surface area contributed by atoms with Crippen LogP contribution in [0.4, 0.5) is 4.39 Å². The molecule has 0 N–H and O–H groups in total. The molecule has 0 spiro atoms. The molecule has 100 valence electrons. The van der Waals surface area contributed by atoms with E-state index in [0.717, 1.165) is 23.1 Å². The van der Waals surface area contributed by atoms with E-state index in [0.29, 0.717) is 5.92 Å². The molecule has 0 aromatic heterocycles. The summed E-state index contributed by atoms with van der Waals surface area (Å²) < 4.78 is 18.2. The molecule has 19 heavy (non-hydrogen) atoms. The Bertz CT molecular complexity index is 525. The normalized spacial score (nSPS) is 12.2. The molecule has 0 fully saturated rings. The topological polar surface area (TPSA) is 9.23 Å². The van der Waals surface area contributed by atoms with Gasteiger partial charge in [0.15, 0.2) is 0 Å². The Morgan fingerprint density at radius 2 is 1.89 bits per heavy atom. The van der Waals surface area contributed by atoms with Crippen LogP contribution >= 0.6 is 15.9 Å². The van der Waals surface area contributed by atoms with Crippen LogP contribution in [0.5, 0.6) is 5.75 Å². The smallest absolute Gasteiger partial charge is 0.123 e. The molecule has 1 atom stereocenters. The second-order valence-corrected chi connectivity index (χ2v) is 5.11. The van der Waals surface area contributed by atoms with Crippen molar-refractivity contribution in [3.05, 3.63) is 65.5 Å². The maximum Gasteiger partial charge on any atom is 0.123 e. The lowest BCUT2D eigenvalue weighted by Crippen LogP contribution is -2.04. The van der Waals surface area contributed by atoms with E-state index in [-0.39, 0.29) is 5.82 Å². The predicted octanol–water partition coefficient (Wildman–Crippen LogP) is 4.56. The van der Waals surface area contributed by atoms with Crippen LogP contribution in [0, 0.1) is 5.82 Å². The number of benzene rings is 2. The highest BCUT2D eigenvalue weighted by Gasteiger charge is 2.11. The van der Waals surface area contributed by atoms with Crippen molar-refractivity contribution in [2.75, 3.05) is 12.4 Å². The van der Waals surface area contributed by atoms with Gasteiger partial charge in [-0.3, -0.25) is 0 Å². The minimum Gasteiger partial charge on any atom is -0.497 e. The standard InChI is InChI=1S/C16H16BrFO/c1-19-16-4-2-3-12(10-16)9-14(11-17)13-5-7-15(18)8-6-13/h2-8,10,14H,9,11H2,1H3. The predicted molar refractivity (Wildman–Crippen MR) is 79.6 cm³/mol. The molecule has 1 nitrogen and oxygen atoms in total. The van der Waals surface area contributed by atoms with Crippen molar-refractivity contribution < 1.29 is 9.13 Å². The highest BCUT2D eigenvalue weighted by atomic mass is 79.9. The van der Waals surface area contributed by atoms with Crippen molar-refractivity contribution in [1.82, 2.24) is 0 Å². The van der Waals surface area contributed by atoms with Gasteiger partial charge in [0.25, 0.3) is 0 Å². The number of rotatable bonds is 5. The van der Waals surface area contributed by atoms with Gasteiger partial charge in [-0.1, -0.05) is 40.2 Å². The fraction of sp³-hybridized carbons (Fsp3) is 0.250. The van der Waals surface area contributed by atoms with Crippen LogP contribution in [-0.2, 0) is 6.42 Å². The zero-order chi connectivity index (χ0) is 13.7. The Hall–Kier alpha value is -1.35. The number of hydrogen-bond acceptors (Lipinski definition) is 1. The molecule has 0 saturated carbocycles. The van der Waals surface area contributed by atoms with Crippen molar-refractivity contribution in [2.24, 2.45) is 0 Å². The first kappa shape index (κ1) is 14.1. The average molecular weight is 323 g/mol. The first-order chi connectivity index (χ1) is 9.22. The zero-order valence-corrected chi connectivity index (χ0v) is 12.4. The summed E-state index contributed by atoms with van der Waals surface area (Å²) in [5, 5.41) is 0.843. The lowest BCUT2D eigenvalue weighted by molar-refractivity contribution is 0.414. The monoisotopic (exact) mass is 322 g/mol. The average Bonchev–Trinajstić information content (AvgIpc) is 2.46. The fourth-order valence-corrected chi connectivity index (χ4v) is 2.68. The molecule has 0 bridgehead atoms. The van der Waals surface area contributed by atoms with Crippen LogP contribution in [0.25, 0.3) is 0 Å². The second-order valence-electron chi connectivity index (χ2n) is 4.46. The highest BCUT2D eigenvalue weighted by Crippen LogP contribution is 2.25. The van der Waals surface area contributed by atoms with Crippen LogP contribution in [0.1, 0.15) is 17.0 Å². The molecule has 0 saturated heterocycles.